The van der Waals surface area contributed by atoms with E-state index < -0.39 is 16.4 Å². The molecule has 0 spiro atoms. The number of aryl methyl sites for hydroxylation is 1. The zero-order valence-corrected chi connectivity index (χ0v) is 10.9. The predicted octanol–water partition coefficient (Wildman–Crippen LogP) is 3.08. The topological polar surface area (TPSA) is 52.4 Å². The van der Waals surface area contributed by atoms with Gasteiger partial charge in [-0.1, -0.05) is 28.1 Å². The lowest BCUT2D eigenvalue weighted by atomic mass is 10.1. The van der Waals surface area contributed by atoms with Gasteiger partial charge in [0, 0.05) is 18.0 Å². The Balaban J connectivity index is 2.72. The largest absolute Gasteiger partial charge is 0.384 e. The number of nitrogens with zero attached hydrogens (tertiary/aromatic N) is 1. The quantitative estimate of drug-likeness (QED) is 0.461. The Kier molecular flexibility index (Phi) is 5.50. The number of benzene rings is 1. The minimum Gasteiger partial charge on any atom is -0.384 e. The fourth-order valence-electron chi connectivity index (χ4n) is 1.48. The molecule has 1 atom stereocenters. The van der Waals surface area contributed by atoms with E-state index in [9.17, 15) is 14.5 Å². The van der Waals surface area contributed by atoms with Crippen LogP contribution in [-0.4, -0.2) is 23.5 Å². The van der Waals surface area contributed by atoms with Crippen molar-refractivity contribution in [3.8, 4) is 0 Å². The first-order valence-corrected chi connectivity index (χ1v) is 6.02. The highest BCUT2D eigenvalue weighted by Crippen LogP contribution is 2.22. The highest BCUT2D eigenvalue weighted by atomic mass is 79.9. The fraction of sp³-hybridized carbons (Fsp3) is 0.455. The molecule has 0 heterocycles. The summed E-state index contributed by atoms with van der Waals surface area (Å²) in [4.78, 5) is 9.96. The lowest BCUT2D eigenvalue weighted by Gasteiger charge is -2.08. The number of nitro benzene ring substituents is 1. The predicted molar refractivity (Wildman–Crippen MR) is 66.0 cm³/mol. The van der Waals surface area contributed by atoms with E-state index in [1.807, 2.05) is 0 Å². The summed E-state index contributed by atoms with van der Waals surface area (Å²) in [6.07, 6.45) is 1.10. The number of alkyl halides is 1. The van der Waals surface area contributed by atoms with Gasteiger partial charge in [0.2, 0.25) is 5.82 Å². The van der Waals surface area contributed by atoms with Crippen molar-refractivity contribution in [2.75, 3.05) is 13.7 Å². The maximum atomic E-state index is 13.7. The number of hydrogen-bond donors (Lipinski definition) is 0. The third kappa shape index (κ3) is 4.05. The first-order chi connectivity index (χ1) is 8.06. The standard InChI is InChI=1S/C11H13BrFNO3/c1-17-7-9(12)6-5-8-3-2-4-10(11(8)13)14(15)16/h2-4,9H,5-7H2,1H3. The normalized spacial score (nSPS) is 12.4. The molecule has 0 aromatic heterocycles. The molecule has 1 rings (SSSR count). The molecule has 0 saturated heterocycles. The Hall–Kier alpha value is -1.01. The van der Waals surface area contributed by atoms with Crippen LogP contribution in [0.4, 0.5) is 10.1 Å². The Bertz CT molecular complexity index is 400. The molecule has 94 valence electrons. The smallest absolute Gasteiger partial charge is 0.305 e. The molecule has 17 heavy (non-hydrogen) atoms. The molecule has 1 unspecified atom stereocenters. The zero-order chi connectivity index (χ0) is 12.8. The number of nitro groups is 1. The summed E-state index contributed by atoms with van der Waals surface area (Å²) in [5, 5.41) is 10.6. The van der Waals surface area contributed by atoms with Crippen molar-refractivity contribution in [2.24, 2.45) is 0 Å². The molecule has 0 saturated carbocycles. The van der Waals surface area contributed by atoms with E-state index in [4.69, 9.17) is 4.74 Å². The number of rotatable bonds is 6. The van der Waals surface area contributed by atoms with Crippen molar-refractivity contribution in [3.63, 3.8) is 0 Å². The second-order valence-electron chi connectivity index (χ2n) is 3.60. The van der Waals surface area contributed by atoms with Gasteiger partial charge in [-0.3, -0.25) is 10.1 Å². The second kappa shape index (κ2) is 6.66. The van der Waals surface area contributed by atoms with Gasteiger partial charge in [0.25, 0.3) is 0 Å². The third-order valence-electron chi connectivity index (χ3n) is 2.33. The van der Waals surface area contributed by atoms with Crippen molar-refractivity contribution in [1.82, 2.24) is 0 Å². The van der Waals surface area contributed by atoms with Crippen molar-refractivity contribution < 1.29 is 14.1 Å². The van der Waals surface area contributed by atoms with E-state index in [1.54, 1.807) is 13.2 Å². The summed E-state index contributed by atoms with van der Waals surface area (Å²) >= 11 is 3.39. The van der Waals surface area contributed by atoms with Crippen LogP contribution >= 0.6 is 15.9 Å². The monoisotopic (exact) mass is 305 g/mol. The van der Waals surface area contributed by atoms with Gasteiger partial charge in [-0.15, -0.1) is 0 Å². The van der Waals surface area contributed by atoms with Crippen LogP contribution in [-0.2, 0) is 11.2 Å². The zero-order valence-electron chi connectivity index (χ0n) is 9.36. The summed E-state index contributed by atoms with van der Waals surface area (Å²) in [6.45, 7) is 0.524. The van der Waals surface area contributed by atoms with Crippen LogP contribution in [0.2, 0.25) is 0 Å². The summed E-state index contributed by atoms with van der Waals surface area (Å²) in [5.74, 6) is -0.741. The average Bonchev–Trinajstić information content (AvgIpc) is 2.27. The van der Waals surface area contributed by atoms with Crippen molar-refractivity contribution in [1.29, 1.82) is 0 Å². The third-order valence-corrected chi connectivity index (χ3v) is 3.05. The number of ether oxygens (including phenoxy) is 1. The number of methoxy groups -OCH3 is 1. The van der Waals surface area contributed by atoms with Gasteiger partial charge in [0.1, 0.15) is 0 Å². The van der Waals surface area contributed by atoms with Crippen LogP contribution in [0.25, 0.3) is 0 Å². The van der Waals surface area contributed by atoms with E-state index >= 15 is 0 Å². The Morgan fingerprint density at radius 2 is 2.29 bits per heavy atom. The van der Waals surface area contributed by atoms with Crippen molar-refractivity contribution in [2.45, 2.75) is 17.7 Å². The van der Waals surface area contributed by atoms with E-state index in [0.717, 1.165) is 0 Å². The summed E-state index contributed by atoms with van der Waals surface area (Å²) < 4.78 is 18.6. The molecule has 0 aliphatic carbocycles. The molecule has 4 nitrogen and oxygen atoms in total. The minimum absolute atomic E-state index is 0.117. The minimum atomic E-state index is -0.741. The van der Waals surface area contributed by atoms with E-state index in [2.05, 4.69) is 15.9 Å². The highest BCUT2D eigenvalue weighted by Gasteiger charge is 2.17. The first-order valence-electron chi connectivity index (χ1n) is 5.11. The van der Waals surface area contributed by atoms with Crippen LogP contribution in [0.5, 0.6) is 0 Å². The Morgan fingerprint density at radius 1 is 1.59 bits per heavy atom. The van der Waals surface area contributed by atoms with E-state index in [0.29, 0.717) is 25.0 Å². The molecule has 1 aromatic rings. The highest BCUT2D eigenvalue weighted by molar-refractivity contribution is 9.09. The first kappa shape index (κ1) is 14.1. The van der Waals surface area contributed by atoms with Gasteiger partial charge in [0.15, 0.2) is 0 Å². The SMILES string of the molecule is COCC(Br)CCc1cccc([N+](=O)[O-])c1F. The van der Waals surface area contributed by atoms with E-state index in [1.165, 1.54) is 12.1 Å². The average molecular weight is 306 g/mol. The summed E-state index contributed by atoms with van der Waals surface area (Å²) in [7, 11) is 1.59. The van der Waals surface area contributed by atoms with Gasteiger partial charge in [-0.25, -0.2) is 0 Å². The maximum absolute atomic E-state index is 13.7. The van der Waals surface area contributed by atoms with Crippen LogP contribution in [0.1, 0.15) is 12.0 Å². The van der Waals surface area contributed by atoms with Gasteiger partial charge in [-0.2, -0.15) is 4.39 Å². The summed E-state index contributed by atoms with van der Waals surface area (Å²) in [6, 6.07) is 4.23. The van der Waals surface area contributed by atoms with Gasteiger partial charge < -0.3 is 4.74 Å². The van der Waals surface area contributed by atoms with Gasteiger partial charge >= 0.3 is 5.69 Å². The molecule has 0 aliphatic rings. The lowest BCUT2D eigenvalue weighted by Crippen LogP contribution is -2.08. The molecule has 0 bridgehead atoms. The number of hydrogen-bond acceptors (Lipinski definition) is 3. The maximum Gasteiger partial charge on any atom is 0.305 e. The van der Waals surface area contributed by atoms with Crippen molar-refractivity contribution in [3.05, 3.63) is 39.7 Å². The molecule has 6 heteroatoms. The van der Waals surface area contributed by atoms with Gasteiger partial charge in [0.05, 0.1) is 11.5 Å². The molecular formula is C11H13BrFNO3. The van der Waals surface area contributed by atoms with Crippen LogP contribution in [0, 0.1) is 15.9 Å². The molecule has 0 radical (unpaired) electrons. The number of halogens is 2. The molecular weight excluding hydrogens is 293 g/mol. The molecule has 0 N–H and O–H groups in total. The molecule has 0 aliphatic heterocycles. The molecule has 1 aromatic carbocycles. The molecule has 0 fully saturated rings. The van der Waals surface area contributed by atoms with Crippen LogP contribution < -0.4 is 0 Å². The lowest BCUT2D eigenvalue weighted by molar-refractivity contribution is -0.387. The van der Waals surface area contributed by atoms with Gasteiger partial charge in [-0.05, 0) is 18.4 Å². The second-order valence-corrected chi connectivity index (χ2v) is 4.89. The van der Waals surface area contributed by atoms with E-state index in [-0.39, 0.29) is 4.83 Å². The van der Waals surface area contributed by atoms with Crippen molar-refractivity contribution >= 4 is 21.6 Å². The Morgan fingerprint density at radius 3 is 2.88 bits per heavy atom. The molecule has 0 amide bonds. The summed E-state index contributed by atoms with van der Waals surface area (Å²) in [5.41, 5.74) is -0.111. The van der Waals surface area contributed by atoms with Crippen LogP contribution in [0.15, 0.2) is 18.2 Å². The Labute approximate surface area is 107 Å². The van der Waals surface area contributed by atoms with Crippen LogP contribution in [0.3, 0.4) is 0 Å². The fourth-order valence-corrected chi connectivity index (χ4v) is 1.97.